The molecule has 0 aliphatic carbocycles. The third kappa shape index (κ3) is 3.79. The van der Waals surface area contributed by atoms with Crippen LogP contribution in [0, 0.1) is 0 Å². The maximum atomic E-state index is 2.51. The van der Waals surface area contributed by atoms with Gasteiger partial charge >= 0.3 is 0 Å². The number of benzene rings is 4. The van der Waals surface area contributed by atoms with Gasteiger partial charge in [0.25, 0.3) is 0 Å². The standard InChI is InChI=1S/C39H30N2/c1-40-36-20-10-21-37(40)34-18-8-6-16-32(34)33-17-7-9-19-35(33)39-23-11-22-38-31-15-5-3-13-28(31)26-29(41(38)39)25-24-27-12-2-4-14-30(27)36/h2-23,25H,24,26H2,1H3/q+2. The fourth-order valence-electron chi connectivity index (χ4n) is 6.78. The van der Waals surface area contributed by atoms with E-state index >= 15 is 0 Å². The minimum Gasteiger partial charge on any atom is -0.194 e. The Kier molecular flexibility index (Phi) is 5.53. The monoisotopic (exact) mass is 526 g/mol. The van der Waals surface area contributed by atoms with E-state index in [0.29, 0.717) is 0 Å². The summed E-state index contributed by atoms with van der Waals surface area (Å²) in [5, 5.41) is 0. The van der Waals surface area contributed by atoms with Crippen molar-refractivity contribution >= 4 is 5.70 Å². The molecule has 0 saturated carbocycles. The highest BCUT2D eigenvalue weighted by Crippen LogP contribution is 2.39. The van der Waals surface area contributed by atoms with E-state index in [1.54, 1.807) is 0 Å². The molecular formula is C39H30N2+2. The summed E-state index contributed by atoms with van der Waals surface area (Å²) in [6.07, 6.45) is 4.21. The highest BCUT2D eigenvalue weighted by atomic mass is 15.0. The molecule has 2 aliphatic rings. The molecule has 0 radical (unpaired) electrons. The van der Waals surface area contributed by atoms with E-state index < -0.39 is 0 Å². The Hall–Kier alpha value is -5.08. The number of allylic oxidation sites excluding steroid dienone is 2. The molecule has 0 N–H and O–H groups in total. The summed E-state index contributed by atoms with van der Waals surface area (Å²) in [5.74, 6) is 0. The molecule has 4 heterocycles. The summed E-state index contributed by atoms with van der Waals surface area (Å²) in [5.41, 5.74) is 16.5. The van der Waals surface area contributed by atoms with E-state index in [-0.39, 0.29) is 0 Å². The second kappa shape index (κ2) is 9.53. The number of hydrogen-bond acceptors (Lipinski definition) is 0. The summed E-state index contributed by atoms with van der Waals surface area (Å²) in [7, 11) is 2.20. The average Bonchev–Trinajstić information content (AvgIpc) is 3.03. The normalized spacial score (nSPS) is 13.0. The first kappa shape index (κ1) is 23.8. The van der Waals surface area contributed by atoms with Crippen LogP contribution in [0.2, 0.25) is 0 Å². The smallest absolute Gasteiger partial charge is 0.194 e. The highest BCUT2D eigenvalue weighted by Gasteiger charge is 2.32. The lowest BCUT2D eigenvalue weighted by molar-refractivity contribution is -0.649. The van der Waals surface area contributed by atoms with Gasteiger partial charge in [-0.2, -0.15) is 9.13 Å². The minimum absolute atomic E-state index is 0.858. The molecule has 0 spiro atoms. The zero-order valence-electron chi connectivity index (χ0n) is 23.1. The van der Waals surface area contributed by atoms with Gasteiger partial charge in [0.1, 0.15) is 7.05 Å². The predicted molar refractivity (Wildman–Crippen MR) is 167 cm³/mol. The molecule has 4 aromatic carbocycles. The maximum absolute atomic E-state index is 2.51. The Labute approximate surface area is 241 Å². The van der Waals surface area contributed by atoms with Crippen LogP contribution in [-0.2, 0) is 19.9 Å². The van der Waals surface area contributed by atoms with Crippen molar-refractivity contribution in [3.63, 3.8) is 0 Å². The molecule has 2 nitrogen and oxygen atoms in total. The van der Waals surface area contributed by atoms with Gasteiger partial charge in [-0.3, -0.25) is 0 Å². The Morgan fingerprint density at radius 1 is 0.415 bits per heavy atom. The summed E-state index contributed by atoms with van der Waals surface area (Å²) < 4.78 is 4.87. The largest absolute Gasteiger partial charge is 0.219 e. The summed E-state index contributed by atoms with van der Waals surface area (Å²) >= 11 is 0. The van der Waals surface area contributed by atoms with Crippen molar-refractivity contribution in [2.45, 2.75) is 12.8 Å². The molecule has 6 aromatic rings. The number of pyridine rings is 2. The van der Waals surface area contributed by atoms with E-state index in [9.17, 15) is 0 Å². The van der Waals surface area contributed by atoms with Crippen LogP contribution < -0.4 is 9.13 Å². The van der Waals surface area contributed by atoms with Crippen LogP contribution in [0.4, 0.5) is 0 Å². The number of rotatable bonds is 0. The fourth-order valence-corrected chi connectivity index (χ4v) is 6.78. The number of fused-ring (bicyclic) bond motifs is 11. The van der Waals surface area contributed by atoms with Crippen molar-refractivity contribution in [3.05, 3.63) is 151 Å². The second-order valence-corrected chi connectivity index (χ2v) is 11.0. The Morgan fingerprint density at radius 3 is 1.51 bits per heavy atom. The van der Waals surface area contributed by atoms with Gasteiger partial charge in [0.05, 0.1) is 23.1 Å². The van der Waals surface area contributed by atoms with Crippen LogP contribution in [0.25, 0.3) is 61.9 Å². The van der Waals surface area contributed by atoms with Gasteiger partial charge in [0, 0.05) is 29.8 Å². The van der Waals surface area contributed by atoms with Gasteiger partial charge in [-0.05, 0) is 71.1 Å². The van der Waals surface area contributed by atoms with Crippen LogP contribution in [0.5, 0.6) is 0 Å². The van der Waals surface area contributed by atoms with Crippen molar-refractivity contribution in [2.75, 3.05) is 0 Å². The lowest BCUT2D eigenvalue weighted by Crippen LogP contribution is -2.41. The molecule has 2 bridgehead atoms. The second-order valence-electron chi connectivity index (χ2n) is 11.0. The number of aromatic nitrogens is 2. The first-order chi connectivity index (χ1) is 20.3. The first-order valence-electron chi connectivity index (χ1n) is 14.4. The van der Waals surface area contributed by atoms with Crippen molar-refractivity contribution in [2.24, 2.45) is 7.05 Å². The summed E-state index contributed by atoms with van der Waals surface area (Å²) in [6, 6.07) is 48.9. The molecule has 0 atom stereocenters. The van der Waals surface area contributed by atoms with E-state index in [1.165, 1.54) is 73.0 Å². The molecular weight excluding hydrogens is 496 g/mol. The molecule has 2 aromatic heterocycles. The molecule has 0 unspecified atom stereocenters. The fraction of sp³-hybridized carbons (Fsp3) is 0.0769. The van der Waals surface area contributed by atoms with Crippen LogP contribution in [0.3, 0.4) is 0 Å². The predicted octanol–water partition coefficient (Wildman–Crippen LogP) is 8.09. The van der Waals surface area contributed by atoms with Crippen LogP contribution >= 0.6 is 0 Å². The zero-order chi connectivity index (χ0) is 27.3. The van der Waals surface area contributed by atoms with Gasteiger partial charge in [0.2, 0.25) is 22.8 Å². The van der Waals surface area contributed by atoms with Crippen molar-refractivity contribution < 1.29 is 9.13 Å². The average molecular weight is 527 g/mol. The third-order valence-corrected chi connectivity index (χ3v) is 8.72. The van der Waals surface area contributed by atoms with Crippen LogP contribution in [-0.4, -0.2) is 0 Å². The molecule has 8 rings (SSSR count). The summed E-state index contributed by atoms with van der Waals surface area (Å²) in [4.78, 5) is 0. The van der Waals surface area contributed by atoms with Crippen LogP contribution in [0.1, 0.15) is 11.1 Å². The zero-order valence-corrected chi connectivity index (χ0v) is 23.1. The first-order valence-corrected chi connectivity index (χ1v) is 14.4. The molecule has 41 heavy (non-hydrogen) atoms. The quantitative estimate of drug-likeness (QED) is 0.177. The lowest BCUT2D eigenvalue weighted by atomic mass is 9.89. The molecule has 194 valence electrons. The van der Waals surface area contributed by atoms with Gasteiger partial charge < -0.3 is 0 Å². The lowest BCUT2D eigenvalue weighted by Gasteiger charge is -2.20. The molecule has 2 aliphatic heterocycles. The SMILES string of the molecule is C[n+]1c2cccc1-c1ccccc1-c1ccccc1-c1cccc3[n+]1C(=CCc1ccccc1-2)Cc1ccccc1-3. The van der Waals surface area contributed by atoms with Crippen LogP contribution in [0.15, 0.2) is 140 Å². The minimum atomic E-state index is 0.858. The van der Waals surface area contributed by atoms with Gasteiger partial charge in [-0.25, -0.2) is 0 Å². The number of hydrogen-bond donors (Lipinski definition) is 0. The van der Waals surface area contributed by atoms with Gasteiger partial charge in [-0.15, -0.1) is 0 Å². The van der Waals surface area contributed by atoms with E-state index in [0.717, 1.165) is 12.8 Å². The summed E-state index contributed by atoms with van der Waals surface area (Å²) in [6.45, 7) is 0. The Bertz CT molecular complexity index is 2010. The molecule has 0 amide bonds. The van der Waals surface area contributed by atoms with Crippen molar-refractivity contribution in [3.8, 4) is 56.2 Å². The third-order valence-electron chi connectivity index (χ3n) is 8.72. The van der Waals surface area contributed by atoms with E-state index in [1.807, 2.05) is 0 Å². The van der Waals surface area contributed by atoms with Gasteiger partial charge in [0.15, 0.2) is 5.70 Å². The molecule has 0 saturated heterocycles. The highest BCUT2D eigenvalue weighted by molar-refractivity contribution is 5.89. The van der Waals surface area contributed by atoms with Gasteiger partial charge in [-0.1, -0.05) is 72.8 Å². The molecule has 2 heteroatoms. The number of nitrogens with zero attached hydrogens (tertiary/aromatic N) is 2. The van der Waals surface area contributed by atoms with E-state index in [2.05, 4.69) is 156 Å². The Morgan fingerprint density at radius 2 is 0.854 bits per heavy atom. The molecule has 0 fully saturated rings. The van der Waals surface area contributed by atoms with Crippen molar-refractivity contribution in [1.82, 2.24) is 0 Å². The van der Waals surface area contributed by atoms with Crippen molar-refractivity contribution in [1.29, 1.82) is 0 Å². The van der Waals surface area contributed by atoms with E-state index in [4.69, 9.17) is 0 Å². The maximum Gasteiger partial charge on any atom is 0.219 e. The topological polar surface area (TPSA) is 7.76 Å². The Balaban J connectivity index is 1.51.